The molecule has 0 aliphatic rings. The lowest BCUT2D eigenvalue weighted by Crippen LogP contribution is -2.47. The number of rotatable bonds is 6. The van der Waals surface area contributed by atoms with Gasteiger partial charge in [-0.3, -0.25) is 9.59 Å². The molecule has 0 aliphatic carbocycles. The van der Waals surface area contributed by atoms with Gasteiger partial charge in [-0.2, -0.15) is 13.2 Å². The molecule has 2 rings (SSSR count). The van der Waals surface area contributed by atoms with Crippen LogP contribution in [0.5, 0.6) is 0 Å². The highest BCUT2D eigenvalue weighted by Gasteiger charge is 2.31. The van der Waals surface area contributed by atoms with Crippen molar-refractivity contribution in [2.45, 2.75) is 31.7 Å². The monoisotopic (exact) mass is 380 g/mol. The molecule has 0 bridgehead atoms. The fourth-order valence-corrected chi connectivity index (χ4v) is 2.44. The number of benzene rings is 2. The smallest absolute Gasteiger partial charge is 0.378 e. The standard InChI is InChI=1S/C19H19F3N2O3/c1-11-2-4-12(5-3-11)10-15(17(23)26)24-18(27)16(25)13-6-8-14(9-7-13)19(20,21)22/h2-9,15-16,25H,10H2,1H3,(H2,23,26)(H,24,27)/t15-,16+/m1/s1. The predicted molar refractivity (Wildman–Crippen MR) is 92.4 cm³/mol. The first-order valence-corrected chi connectivity index (χ1v) is 8.08. The van der Waals surface area contributed by atoms with E-state index in [1.165, 1.54) is 0 Å². The van der Waals surface area contributed by atoms with E-state index in [1.54, 1.807) is 12.1 Å². The topological polar surface area (TPSA) is 92.4 Å². The van der Waals surface area contributed by atoms with E-state index in [1.807, 2.05) is 19.1 Å². The molecular formula is C19H19F3N2O3. The van der Waals surface area contributed by atoms with Gasteiger partial charge in [0.2, 0.25) is 5.91 Å². The molecule has 144 valence electrons. The molecule has 0 saturated carbocycles. The number of aliphatic hydroxyl groups excluding tert-OH is 1. The van der Waals surface area contributed by atoms with Crippen LogP contribution in [0.4, 0.5) is 13.2 Å². The molecule has 2 aromatic rings. The Kier molecular flexibility index (Phi) is 6.22. The van der Waals surface area contributed by atoms with E-state index in [-0.39, 0.29) is 12.0 Å². The van der Waals surface area contributed by atoms with E-state index in [9.17, 15) is 27.9 Å². The van der Waals surface area contributed by atoms with Crippen LogP contribution in [0.25, 0.3) is 0 Å². The maximum absolute atomic E-state index is 12.6. The van der Waals surface area contributed by atoms with Gasteiger partial charge in [0.15, 0.2) is 6.10 Å². The van der Waals surface area contributed by atoms with Gasteiger partial charge in [-0.15, -0.1) is 0 Å². The van der Waals surface area contributed by atoms with Gasteiger partial charge in [0.1, 0.15) is 6.04 Å². The molecule has 8 heteroatoms. The summed E-state index contributed by atoms with van der Waals surface area (Å²) in [7, 11) is 0. The number of hydrogen-bond donors (Lipinski definition) is 3. The number of halogens is 3. The summed E-state index contributed by atoms with van der Waals surface area (Å²) in [6.07, 6.45) is -6.12. The van der Waals surface area contributed by atoms with Crippen molar-refractivity contribution in [3.8, 4) is 0 Å². The minimum atomic E-state index is -4.52. The molecule has 2 amide bonds. The molecule has 5 nitrogen and oxygen atoms in total. The van der Waals surface area contributed by atoms with Gasteiger partial charge in [0.05, 0.1) is 5.56 Å². The zero-order valence-electron chi connectivity index (χ0n) is 14.5. The van der Waals surface area contributed by atoms with Crippen LogP contribution in [0.1, 0.15) is 28.4 Å². The normalized spacial score (nSPS) is 13.7. The van der Waals surface area contributed by atoms with Crippen LogP contribution in [0.3, 0.4) is 0 Å². The van der Waals surface area contributed by atoms with Gasteiger partial charge in [-0.05, 0) is 30.2 Å². The van der Waals surface area contributed by atoms with Crippen molar-refractivity contribution >= 4 is 11.8 Å². The summed E-state index contributed by atoms with van der Waals surface area (Å²) in [4.78, 5) is 23.8. The fourth-order valence-electron chi connectivity index (χ4n) is 2.44. The molecule has 4 N–H and O–H groups in total. The largest absolute Gasteiger partial charge is 0.416 e. The average molecular weight is 380 g/mol. The van der Waals surface area contributed by atoms with Crippen LogP contribution in [-0.2, 0) is 22.2 Å². The molecule has 0 spiro atoms. The van der Waals surface area contributed by atoms with Crippen molar-refractivity contribution in [3.05, 3.63) is 70.8 Å². The maximum Gasteiger partial charge on any atom is 0.416 e. The van der Waals surface area contributed by atoms with Crippen molar-refractivity contribution < 1.29 is 27.9 Å². The first kappa shape index (κ1) is 20.4. The number of carbonyl (C=O) groups excluding carboxylic acids is 2. The Labute approximate surface area is 154 Å². The molecule has 2 aromatic carbocycles. The highest BCUT2D eigenvalue weighted by molar-refractivity contribution is 5.89. The molecule has 0 unspecified atom stereocenters. The third-order valence-electron chi connectivity index (χ3n) is 4.02. The number of nitrogens with one attached hydrogen (secondary N) is 1. The summed E-state index contributed by atoms with van der Waals surface area (Å²) in [5.41, 5.74) is 6.17. The summed E-state index contributed by atoms with van der Waals surface area (Å²) in [6.45, 7) is 1.90. The summed E-state index contributed by atoms with van der Waals surface area (Å²) in [5.74, 6) is -1.71. The van der Waals surface area contributed by atoms with E-state index in [4.69, 9.17) is 5.73 Å². The fraction of sp³-hybridized carbons (Fsp3) is 0.263. The van der Waals surface area contributed by atoms with Gasteiger partial charge in [-0.1, -0.05) is 42.0 Å². The second-order valence-electron chi connectivity index (χ2n) is 6.18. The third-order valence-corrected chi connectivity index (χ3v) is 4.02. The van der Waals surface area contributed by atoms with E-state index in [0.29, 0.717) is 0 Å². The Hall–Kier alpha value is -2.87. The lowest BCUT2D eigenvalue weighted by Gasteiger charge is -2.19. The van der Waals surface area contributed by atoms with Crippen molar-refractivity contribution in [3.63, 3.8) is 0 Å². The van der Waals surface area contributed by atoms with Crippen LogP contribution in [-0.4, -0.2) is 23.0 Å². The van der Waals surface area contributed by atoms with Crippen LogP contribution < -0.4 is 11.1 Å². The SMILES string of the molecule is Cc1ccc(C[C@@H](NC(=O)[C@@H](O)c2ccc(C(F)(F)F)cc2)C(N)=O)cc1. The van der Waals surface area contributed by atoms with E-state index in [0.717, 1.165) is 35.4 Å². The molecular weight excluding hydrogens is 361 g/mol. The number of aryl methyl sites for hydroxylation is 1. The molecule has 0 radical (unpaired) electrons. The molecule has 0 heterocycles. The van der Waals surface area contributed by atoms with Crippen LogP contribution in [0.2, 0.25) is 0 Å². The Morgan fingerprint density at radius 2 is 1.63 bits per heavy atom. The van der Waals surface area contributed by atoms with Crippen LogP contribution in [0, 0.1) is 6.92 Å². The molecule has 0 aliphatic heterocycles. The Bertz CT molecular complexity index is 802. The molecule has 27 heavy (non-hydrogen) atoms. The van der Waals surface area contributed by atoms with Crippen molar-refractivity contribution in [2.24, 2.45) is 5.73 Å². The van der Waals surface area contributed by atoms with Crippen molar-refractivity contribution in [2.75, 3.05) is 0 Å². The predicted octanol–water partition coefficient (Wildman–Crippen LogP) is 2.26. The number of alkyl halides is 3. The average Bonchev–Trinajstić information content (AvgIpc) is 2.61. The first-order valence-electron chi connectivity index (χ1n) is 8.08. The molecule has 2 atom stereocenters. The van der Waals surface area contributed by atoms with Gasteiger partial charge in [-0.25, -0.2) is 0 Å². The van der Waals surface area contributed by atoms with E-state index in [2.05, 4.69) is 5.32 Å². The van der Waals surface area contributed by atoms with Gasteiger partial charge in [0, 0.05) is 6.42 Å². The lowest BCUT2D eigenvalue weighted by atomic mass is 10.0. The Balaban J connectivity index is 2.07. The van der Waals surface area contributed by atoms with E-state index < -0.39 is 35.7 Å². The quantitative estimate of drug-likeness (QED) is 0.718. The number of primary amides is 1. The number of aliphatic hydroxyl groups is 1. The highest BCUT2D eigenvalue weighted by atomic mass is 19.4. The zero-order chi connectivity index (χ0) is 20.2. The summed E-state index contributed by atoms with van der Waals surface area (Å²) >= 11 is 0. The molecule has 0 aromatic heterocycles. The van der Waals surface area contributed by atoms with Crippen molar-refractivity contribution in [1.29, 1.82) is 0 Å². The molecule has 0 saturated heterocycles. The van der Waals surface area contributed by atoms with Gasteiger partial charge >= 0.3 is 6.18 Å². The second-order valence-corrected chi connectivity index (χ2v) is 6.18. The lowest BCUT2D eigenvalue weighted by molar-refractivity contribution is -0.137. The maximum atomic E-state index is 12.6. The summed E-state index contributed by atoms with van der Waals surface area (Å²) in [5, 5.41) is 12.4. The Morgan fingerprint density at radius 1 is 1.07 bits per heavy atom. The number of amides is 2. The van der Waals surface area contributed by atoms with Crippen LogP contribution in [0.15, 0.2) is 48.5 Å². The summed E-state index contributed by atoms with van der Waals surface area (Å²) in [6, 6.07) is 9.72. The second kappa shape index (κ2) is 8.22. The molecule has 0 fully saturated rings. The Morgan fingerprint density at radius 3 is 2.11 bits per heavy atom. The summed E-state index contributed by atoms with van der Waals surface area (Å²) < 4.78 is 37.7. The number of carbonyl (C=O) groups is 2. The number of nitrogens with two attached hydrogens (primary N) is 1. The van der Waals surface area contributed by atoms with Gasteiger partial charge < -0.3 is 16.2 Å². The van der Waals surface area contributed by atoms with Gasteiger partial charge in [0.25, 0.3) is 5.91 Å². The highest BCUT2D eigenvalue weighted by Crippen LogP contribution is 2.30. The minimum Gasteiger partial charge on any atom is -0.378 e. The minimum absolute atomic E-state index is 0.0287. The van der Waals surface area contributed by atoms with Crippen LogP contribution >= 0.6 is 0 Å². The zero-order valence-corrected chi connectivity index (χ0v) is 14.5. The third kappa shape index (κ3) is 5.55. The van der Waals surface area contributed by atoms with E-state index >= 15 is 0 Å². The number of hydrogen-bond acceptors (Lipinski definition) is 3. The first-order chi connectivity index (χ1) is 12.6. The van der Waals surface area contributed by atoms with Crippen molar-refractivity contribution in [1.82, 2.24) is 5.32 Å².